The molecule has 1 unspecified atom stereocenters. The molecule has 2 rings (SSSR count). The van der Waals surface area contributed by atoms with Gasteiger partial charge in [-0.05, 0) is 42.9 Å². The number of anilines is 1. The van der Waals surface area contributed by atoms with Gasteiger partial charge in [0, 0.05) is 13.1 Å². The average molecular weight is 272 g/mol. The summed E-state index contributed by atoms with van der Waals surface area (Å²) in [6.45, 7) is 4.32. The molecule has 0 radical (unpaired) electrons. The fourth-order valence-electron chi connectivity index (χ4n) is 3.15. The maximum atomic E-state index is 9.32. The zero-order valence-corrected chi connectivity index (χ0v) is 12.3. The van der Waals surface area contributed by atoms with Crippen molar-refractivity contribution in [3.8, 4) is 6.07 Å². The van der Waals surface area contributed by atoms with E-state index >= 15 is 0 Å². The standard InChI is InChI=1S/C17H24N2O/c1-2-4-14-5-3-9-19(10-8-14)17-7-6-15(13-20)11-16(17)12-18/h6-7,11,14,20H,2-5,8-10,13H2,1H3. The Morgan fingerprint density at radius 2 is 2.20 bits per heavy atom. The van der Waals surface area contributed by atoms with Gasteiger partial charge in [-0.1, -0.05) is 25.8 Å². The normalized spacial score (nSPS) is 19.4. The Bertz CT molecular complexity index is 478. The van der Waals surface area contributed by atoms with E-state index in [9.17, 15) is 10.4 Å². The highest BCUT2D eigenvalue weighted by Gasteiger charge is 2.18. The van der Waals surface area contributed by atoms with Gasteiger partial charge in [0.15, 0.2) is 0 Å². The molecule has 1 heterocycles. The Hall–Kier alpha value is -1.53. The third kappa shape index (κ3) is 3.52. The van der Waals surface area contributed by atoms with E-state index in [1.807, 2.05) is 18.2 Å². The van der Waals surface area contributed by atoms with Crippen LogP contribution in [0.3, 0.4) is 0 Å². The summed E-state index contributed by atoms with van der Waals surface area (Å²) in [6, 6.07) is 7.99. The number of aliphatic hydroxyl groups is 1. The summed E-state index contributed by atoms with van der Waals surface area (Å²) in [7, 11) is 0. The molecule has 1 aliphatic heterocycles. The van der Waals surface area contributed by atoms with Gasteiger partial charge in [0.2, 0.25) is 0 Å². The number of hydrogen-bond donors (Lipinski definition) is 1. The second-order valence-electron chi connectivity index (χ2n) is 5.69. The summed E-state index contributed by atoms with van der Waals surface area (Å²) < 4.78 is 0. The molecule has 1 fully saturated rings. The molecule has 0 saturated carbocycles. The van der Waals surface area contributed by atoms with Crippen molar-refractivity contribution in [1.82, 2.24) is 0 Å². The first-order chi connectivity index (χ1) is 9.78. The third-order valence-electron chi connectivity index (χ3n) is 4.25. The minimum Gasteiger partial charge on any atom is -0.392 e. The van der Waals surface area contributed by atoms with Crippen LogP contribution in [0.5, 0.6) is 0 Å². The summed E-state index contributed by atoms with van der Waals surface area (Å²) in [5.74, 6) is 0.840. The quantitative estimate of drug-likeness (QED) is 0.913. The van der Waals surface area contributed by atoms with Crippen molar-refractivity contribution in [2.45, 2.75) is 45.6 Å². The first-order valence-corrected chi connectivity index (χ1v) is 7.67. The Morgan fingerprint density at radius 1 is 1.35 bits per heavy atom. The smallest absolute Gasteiger partial charge is 0.101 e. The highest BCUT2D eigenvalue weighted by atomic mass is 16.3. The van der Waals surface area contributed by atoms with Gasteiger partial charge in [0.1, 0.15) is 6.07 Å². The molecule has 0 aromatic heterocycles. The predicted molar refractivity (Wildman–Crippen MR) is 81.5 cm³/mol. The van der Waals surface area contributed by atoms with Gasteiger partial charge in [0.05, 0.1) is 17.9 Å². The van der Waals surface area contributed by atoms with E-state index in [-0.39, 0.29) is 6.61 Å². The molecule has 1 saturated heterocycles. The zero-order valence-electron chi connectivity index (χ0n) is 12.3. The van der Waals surface area contributed by atoms with E-state index in [1.54, 1.807) is 0 Å². The fourth-order valence-corrected chi connectivity index (χ4v) is 3.15. The molecule has 1 aromatic rings. The molecular formula is C17H24N2O. The molecule has 0 amide bonds. The van der Waals surface area contributed by atoms with Gasteiger partial charge in [-0.2, -0.15) is 5.26 Å². The molecule has 1 aromatic carbocycles. The van der Waals surface area contributed by atoms with Crippen LogP contribution in [-0.4, -0.2) is 18.2 Å². The first kappa shape index (κ1) is 14.9. The Kier molecular flexibility index (Phi) is 5.43. The van der Waals surface area contributed by atoms with E-state index < -0.39 is 0 Å². The van der Waals surface area contributed by atoms with Crippen LogP contribution in [0.4, 0.5) is 5.69 Å². The van der Waals surface area contributed by atoms with Crippen molar-refractivity contribution in [3.05, 3.63) is 29.3 Å². The maximum Gasteiger partial charge on any atom is 0.101 e. The number of nitriles is 1. The van der Waals surface area contributed by atoms with Crippen molar-refractivity contribution in [2.75, 3.05) is 18.0 Å². The molecule has 0 spiro atoms. The van der Waals surface area contributed by atoms with E-state index in [4.69, 9.17) is 0 Å². The fraction of sp³-hybridized carbons (Fsp3) is 0.588. The lowest BCUT2D eigenvalue weighted by Crippen LogP contribution is -2.25. The van der Waals surface area contributed by atoms with E-state index in [0.29, 0.717) is 5.56 Å². The van der Waals surface area contributed by atoms with Crippen molar-refractivity contribution in [2.24, 2.45) is 5.92 Å². The van der Waals surface area contributed by atoms with Crippen LogP contribution in [0.15, 0.2) is 18.2 Å². The summed E-state index contributed by atoms with van der Waals surface area (Å²) in [6.07, 6.45) is 6.32. The number of nitrogens with zero attached hydrogens (tertiary/aromatic N) is 2. The minimum atomic E-state index is -0.00641. The molecule has 20 heavy (non-hydrogen) atoms. The summed E-state index contributed by atoms with van der Waals surface area (Å²) in [5, 5.41) is 18.5. The zero-order chi connectivity index (χ0) is 14.4. The number of hydrogen-bond acceptors (Lipinski definition) is 3. The lowest BCUT2D eigenvalue weighted by molar-refractivity contribution is 0.282. The van der Waals surface area contributed by atoms with Crippen LogP contribution in [0.1, 0.15) is 50.2 Å². The highest BCUT2D eigenvalue weighted by molar-refractivity contribution is 5.60. The van der Waals surface area contributed by atoms with Crippen LogP contribution in [-0.2, 0) is 6.61 Å². The second kappa shape index (κ2) is 7.31. The molecule has 0 aliphatic carbocycles. The summed E-state index contributed by atoms with van der Waals surface area (Å²) in [5.41, 5.74) is 2.52. The van der Waals surface area contributed by atoms with Crippen LogP contribution >= 0.6 is 0 Å². The van der Waals surface area contributed by atoms with E-state index in [1.165, 1.54) is 32.1 Å². The van der Waals surface area contributed by atoms with Gasteiger partial charge in [0.25, 0.3) is 0 Å². The van der Waals surface area contributed by atoms with Crippen LogP contribution in [0.2, 0.25) is 0 Å². The van der Waals surface area contributed by atoms with Gasteiger partial charge in [-0.25, -0.2) is 0 Å². The predicted octanol–water partition coefficient (Wildman–Crippen LogP) is 3.46. The van der Waals surface area contributed by atoms with Crippen molar-refractivity contribution in [3.63, 3.8) is 0 Å². The lowest BCUT2D eigenvalue weighted by atomic mass is 9.96. The average Bonchev–Trinajstić information content (AvgIpc) is 2.72. The lowest BCUT2D eigenvalue weighted by Gasteiger charge is -2.24. The summed E-state index contributed by atoms with van der Waals surface area (Å²) >= 11 is 0. The molecule has 108 valence electrons. The second-order valence-corrected chi connectivity index (χ2v) is 5.69. The molecule has 3 heteroatoms. The van der Waals surface area contributed by atoms with Crippen molar-refractivity contribution >= 4 is 5.69 Å². The maximum absolute atomic E-state index is 9.32. The Balaban J connectivity index is 2.13. The van der Waals surface area contributed by atoms with Gasteiger partial charge < -0.3 is 10.0 Å². The molecule has 1 atom stereocenters. The van der Waals surface area contributed by atoms with E-state index in [2.05, 4.69) is 17.9 Å². The summed E-state index contributed by atoms with van der Waals surface area (Å²) in [4.78, 5) is 2.34. The molecule has 1 aliphatic rings. The molecular weight excluding hydrogens is 248 g/mol. The molecule has 3 nitrogen and oxygen atoms in total. The monoisotopic (exact) mass is 272 g/mol. The van der Waals surface area contributed by atoms with E-state index in [0.717, 1.165) is 30.3 Å². The number of aliphatic hydroxyl groups excluding tert-OH is 1. The molecule has 0 bridgehead atoms. The minimum absolute atomic E-state index is 0.00641. The third-order valence-corrected chi connectivity index (χ3v) is 4.25. The van der Waals surface area contributed by atoms with Crippen LogP contribution in [0.25, 0.3) is 0 Å². The van der Waals surface area contributed by atoms with Gasteiger partial charge in [-0.15, -0.1) is 0 Å². The Labute approximate surface area is 121 Å². The molecule has 1 N–H and O–H groups in total. The number of rotatable bonds is 4. The van der Waals surface area contributed by atoms with Crippen LogP contribution in [0, 0.1) is 17.2 Å². The van der Waals surface area contributed by atoms with Crippen molar-refractivity contribution in [1.29, 1.82) is 5.26 Å². The Morgan fingerprint density at radius 3 is 2.90 bits per heavy atom. The van der Waals surface area contributed by atoms with Crippen LogP contribution < -0.4 is 4.90 Å². The number of benzene rings is 1. The largest absolute Gasteiger partial charge is 0.392 e. The van der Waals surface area contributed by atoms with Gasteiger partial charge in [-0.3, -0.25) is 0 Å². The SMILES string of the molecule is CCCC1CCCN(c2ccc(CO)cc2C#N)CC1. The highest BCUT2D eigenvalue weighted by Crippen LogP contribution is 2.28. The first-order valence-electron chi connectivity index (χ1n) is 7.67. The van der Waals surface area contributed by atoms with Crippen molar-refractivity contribution < 1.29 is 5.11 Å². The van der Waals surface area contributed by atoms with Gasteiger partial charge >= 0.3 is 0 Å². The topological polar surface area (TPSA) is 47.3 Å².